The third-order valence-corrected chi connectivity index (χ3v) is 5.31. The SMILES string of the molecule is Cc1cccc(Cn2nc(C)c(NC(=O)c3cc(C(N)=O)nc4cccc(F)c34)c2C)c1. The predicted molar refractivity (Wildman–Crippen MR) is 120 cm³/mol. The molecule has 4 aromatic rings. The summed E-state index contributed by atoms with van der Waals surface area (Å²) in [7, 11) is 0. The molecule has 0 radical (unpaired) electrons. The van der Waals surface area contributed by atoms with Crippen LogP contribution in [-0.4, -0.2) is 26.6 Å². The van der Waals surface area contributed by atoms with Crippen LogP contribution in [0.4, 0.5) is 10.1 Å². The van der Waals surface area contributed by atoms with Gasteiger partial charge in [0, 0.05) is 5.39 Å². The van der Waals surface area contributed by atoms with E-state index in [9.17, 15) is 14.0 Å². The van der Waals surface area contributed by atoms with Crippen LogP contribution < -0.4 is 11.1 Å². The van der Waals surface area contributed by atoms with Gasteiger partial charge in [0.15, 0.2) is 0 Å². The van der Waals surface area contributed by atoms with Crippen molar-refractivity contribution in [1.29, 1.82) is 0 Å². The third-order valence-electron chi connectivity index (χ3n) is 5.31. The summed E-state index contributed by atoms with van der Waals surface area (Å²) in [5.74, 6) is -1.99. The third kappa shape index (κ3) is 3.94. The highest BCUT2D eigenvalue weighted by atomic mass is 19.1. The molecule has 4 rings (SSSR count). The van der Waals surface area contributed by atoms with E-state index in [0.717, 1.165) is 16.8 Å². The number of hydrogen-bond acceptors (Lipinski definition) is 4. The van der Waals surface area contributed by atoms with E-state index in [1.807, 2.05) is 32.0 Å². The van der Waals surface area contributed by atoms with Crippen molar-refractivity contribution in [1.82, 2.24) is 14.8 Å². The molecule has 0 aliphatic carbocycles. The molecule has 2 aromatic carbocycles. The van der Waals surface area contributed by atoms with E-state index in [2.05, 4.69) is 21.5 Å². The average Bonchev–Trinajstić information content (AvgIpc) is 3.00. The number of nitrogens with two attached hydrogens (primary N) is 1. The van der Waals surface area contributed by atoms with Crippen molar-refractivity contribution in [3.05, 3.63) is 88.1 Å². The van der Waals surface area contributed by atoms with E-state index < -0.39 is 17.6 Å². The number of benzene rings is 2. The molecule has 2 heterocycles. The smallest absolute Gasteiger partial charge is 0.267 e. The minimum Gasteiger partial charge on any atom is -0.364 e. The number of nitrogens with one attached hydrogen (secondary N) is 1. The summed E-state index contributed by atoms with van der Waals surface area (Å²) in [5.41, 5.74) is 9.54. The molecular formula is C24H22FN5O2. The first-order valence-electron chi connectivity index (χ1n) is 10.0. The van der Waals surface area contributed by atoms with Gasteiger partial charge in [0.1, 0.15) is 11.5 Å². The van der Waals surface area contributed by atoms with Gasteiger partial charge < -0.3 is 11.1 Å². The molecule has 2 aromatic heterocycles. The van der Waals surface area contributed by atoms with Crippen LogP contribution in [0.3, 0.4) is 0 Å². The zero-order chi connectivity index (χ0) is 23.0. The lowest BCUT2D eigenvalue weighted by atomic mass is 10.1. The molecule has 0 aliphatic rings. The van der Waals surface area contributed by atoms with Crippen molar-refractivity contribution in [2.24, 2.45) is 5.73 Å². The molecule has 32 heavy (non-hydrogen) atoms. The number of carbonyl (C=O) groups excluding carboxylic acids is 2. The molecule has 162 valence electrons. The van der Waals surface area contributed by atoms with Gasteiger partial charge in [0.25, 0.3) is 11.8 Å². The number of fused-ring (bicyclic) bond motifs is 1. The van der Waals surface area contributed by atoms with Crippen LogP contribution >= 0.6 is 0 Å². The average molecular weight is 431 g/mol. The highest BCUT2D eigenvalue weighted by Crippen LogP contribution is 2.25. The lowest BCUT2D eigenvalue weighted by Gasteiger charge is -2.11. The van der Waals surface area contributed by atoms with Crippen LogP contribution in [0.25, 0.3) is 10.9 Å². The molecule has 0 bridgehead atoms. The van der Waals surface area contributed by atoms with Gasteiger partial charge in [-0.15, -0.1) is 0 Å². The van der Waals surface area contributed by atoms with Gasteiger partial charge in [0.05, 0.1) is 34.7 Å². The molecule has 0 spiro atoms. The normalized spacial score (nSPS) is 11.0. The van der Waals surface area contributed by atoms with E-state index in [1.165, 1.54) is 24.3 Å². The van der Waals surface area contributed by atoms with E-state index in [-0.39, 0.29) is 22.2 Å². The zero-order valence-electron chi connectivity index (χ0n) is 17.9. The highest BCUT2D eigenvalue weighted by molar-refractivity contribution is 6.14. The van der Waals surface area contributed by atoms with Gasteiger partial charge in [-0.1, -0.05) is 35.9 Å². The Hall–Kier alpha value is -4.07. The van der Waals surface area contributed by atoms with E-state index >= 15 is 0 Å². The van der Waals surface area contributed by atoms with Crippen LogP contribution in [0.1, 0.15) is 43.4 Å². The molecule has 0 fully saturated rings. The van der Waals surface area contributed by atoms with Gasteiger partial charge >= 0.3 is 0 Å². The Bertz CT molecular complexity index is 1380. The molecule has 0 saturated carbocycles. The number of nitrogens with zero attached hydrogens (tertiary/aromatic N) is 3. The molecule has 0 atom stereocenters. The summed E-state index contributed by atoms with van der Waals surface area (Å²) in [6.07, 6.45) is 0. The Kier molecular flexibility index (Phi) is 5.44. The second-order valence-electron chi connectivity index (χ2n) is 7.70. The molecule has 0 aliphatic heterocycles. The van der Waals surface area contributed by atoms with E-state index in [1.54, 1.807) is 11.6 Å². The fourth-order valence-electron chi connectivity index (χ4n) is 3.74. The van der Waals surface area contributed by atoms with Crippen LogP contribution in [0.5, 0.6) is 0 Å². The van der Waals surface area contributed by atoms with Crippen LogP contribution in [0, 0.1) is 26.6 Å². The topological polar surface area (TPSA) is 103 Å². The lowest BCUT2D eigenvalue weighted by Crippen LogP contribution is -2.18. The summed E-state index contributed by atoms with van der Waals surface area (Å²) in [4.78, 5) is 28.9. The number of halogens is 1. The number of anilines is 1. The number of aryl methyl sites for hydroxylation is 2. The summed E-state index contributed by atoms with van der Waals surface area (Å²) < 4.78 is 16.4. The van der Waals surface area contributed by atoms with E-state index in [4.69, 9.17) is 5.73 Å². The van der Waals surface area contributed by atoms with Crippen molar-refractivity contribution in [2.75, 3.05) is 5.32 Å². The minimum absolute atomic E-state index is 0.0212. The van der Waals surface area contributed by atoms with Gasteiger partial charge in [-0.05, 0) is 44.5 Å². The fraction of sp³-hybridized carbons (Fsp3) is 0.167. The molecule has 0 saturated heterocycles. The molecule has 8 heteroatoms. The molecule has 2 amide bonds. The number of rotatable bonds is 5. The van der Waals surface area contributed by atoms with Gasteiger partial charge in [-0.3, -0.25) is 14.3 Å². The largest absolute Gasteiger partial charge is 0.364 e. The summed E-state index contributed by atoms with van der Waals surface area (Å²) in [6, 6.07) is 13.5. The first-order chi connectivity index (χ1) is 15.2. The standard InChI is InChI=1S/C24H22FN5O2/c1-13-6-4-7-16(10-13)12-30-15(3)22(14(2)29-30)28-24(32)17-11-20(23(26)31)27-19-9-5-8-18(25)21(17)19/h4-11H,12H2,1-3H3,(H2,26,31)(H,28,32). The van der Waals surface area contributed by atoms with Crippen molar-refractivity contribution in [3.63, 3.8) is 0 Å². The second kappa shape index (κ2) is 8.22. The number of hydrogen-bond donors (Lipinski definition) is 2. The molecule has 7 nitrogen and oxygen atoms in total. The van der Waals surface area contributed by atoms with Crippen molar-refractivity contribution < 1.29 is 14.0 Å². The zero-order valence-corrected chi connectivity index (χ0v) is 17.9. The second-order valence-corrected chi connectivity index (χ2v) is 7.70. The monoisotopic (exact) mass is 431 g/mol. The number of primary amides is 1. The molecule has 3 N–H and O–H groups in total. The van der Waals surface area contributed by atoms with Gasteiger partial charge in [-0.2, -0.15) is 5.10 Å². The quantitative estimate of drug-likeness (QED) is 0.500. The summed E-state index contributed by atoms with van der Waals surface area (Å²) in [6.45, 7) is 6.21. The van der Waals surface area contributed by atoms with Crippen LogP contribution in [-0.2, 0) is 6.54 Å². The van der Waals surface area contributed by atoms with Crippen LogP contribution in [0.15, 0.2) is 48.5 Å². The van der Waals surface area contributed by atoms with Crippen LogP contribution in [0.2, 0.25) is 0 Å². The Morgan fingerprint density at radius 2 is 1.84 bits per heavy atom. The molecule has 0 unspecified atom stereocenters. The maximum atomic E-state index is 14.6. The van der Waals surface area contributed by atoms with Crippen molar-refractivity contribution in [2.45, 2.75) is 27.3 Å². The number of aromatic nitrogens is 3. The summed E-state index contributed by atoms with van der Waals surface area (Å²) >= 11 is 0. The first-order valence-corrected chi connectivity index (χ1v) is 10.0. The maximum absolute atomic E-state index is 14.6. The number of pyridine rings is 1. The van der Waals surface area contributed by atoms with E-state index in [0.29, 0.717) is 17.9 Å². The Balaban J connectivity index is 1.71. The fourth-order valence-corrected chi connectivity index (χ4v) is 3.74. The maximum Gasteiger partial charge on any atom is 0.267 e. The lowest BCUT2D eigenvalue weighted by molar-refractivity contribution is 0.0996. The highest BCUT2D eigenvalue weighted by Gasteiger charge is 2.21. The Labute approximate surface area is 184 Å². The van der Waals surface area contributed by atoms with Gasteiger partial charge in [0.2, 0.25) is 0 Å². The van der Waals surface area contributed by atoms with Gasteiger partial charge in [-0.25, -0.2) is 9.37 Å². The number of amides is 2. The minimum atomic E-state index is -0.802. The summed E-state index contributed by atoms with van der Waals surface area (Å²) in [5, 5.41) is 7.40. The first kappa shape index (κ1) is 21.2. The predicted octanol–water partition coefficient (Wildman–Crippen LogP) is 3.90. The molecular weight excluding hydrogens is 409 g/mol. The van der Waals surface area contributed by atoms with Crippen molar-refractivity contribution >= 4 is 28.4 Å². The Morgan fingerprint density at radius 3 is 2.56 bits per heavy atom. The Morgan fingerprint density at radius 1 is 1.09 bits per heavy atom. The number of carbonyl (C=O) groups is 2. The van der Waals surface area contributed by atoms with Crippen molar-refractivity contribution in [3.8, 4) is 0 Å².